The van der Waals surface area contributed by atoms with Gasteiger partial charge in [-0.25, -0.2) is 0 Å². The Bertz CT molecular complexity index is 7.61. The number of rotatable bonds is 0. The topological polar surface area (TPSA) is 0 Å². The molecule has 0 aliphatic rings. The second kappa shape index (κ2) is 39.2. The molecule has 3 heteroatoms. The third-order valence-corrected chi connectivity index (χ3v) is 0. The molecule has 0 aliphatic heterocycles. The summed E-state index contributed by atoms with van der Waals surface area (Å²) < 4.78 is 0. The molecule has 0 aliphatic carbocycles. The Morgan fingerprint density at radius 2 is 1.00 bits per heavy atom. The molecule has 0 aromatic carbocycles. The normalized spacial score (nSPS) is 0.800. The number of halogens is 2. The number of hydrogen-bond donors (Lipinski definition) is 0. The molecule has 0 unspecified atom stereocenters. The van der Waals surface area contributed by atoms with Crippen LogP contribution in [0.3, 0.4) is 0 Å². The van der Waals surface area contributed by atoms with E-state index in [2.05, 4.69) is 13.2 Å². The summed E-state index contributed by atoms with van der Waals surface area (Å²) in [5.41, 5.74) is 0. The maximum Gasteiger partial charge on any atom is 3.00 e. The molecule has 0 fully saturated rings. The van der Waals surface area contributed by atoms with Gasteiger partial charge in [-0.1, -0.05) is 0 Å². The van der Waals surface area contributed by atoms with Crippen LogP contribution in [-0.2, 0) is 0 Å². The van der Waals surface area contributed by atoms with Crippen molar-refractivity contribution in [3.63, 3.8) is 0 Å². The fourth-order valence-corrected chi connectivity index (χ4v) is 0. The third kappa shape index (κ3) is 24.8. The van der Waals surface area contributed by atoms with Gasteiger partial charge in [-0.05, 0) is 0 Å². The maximum atomic E-state index is 4.25. The molecule has 0 nitrogen and oxygen atoms in total. The van der Waals surface area contributed by atoms with Gasteiger partial charge in [0.1, 0.15) is 0 Å². The van der Waals surface area contributed by atoms with Gasteiger partial charge in [0, 0.05) is 0 Å². The summed E-state index contributed by atoms with van der Waals surface area (Å²) in [5.74, 6) is 0. The molecule has 0 saturated carbocycles. The van der Waals surface area contributed by atoms with Crippen molar-refractivity contribution in [2.75, 3.05) is 0 Å². The Kier molecular flexibility index (Phi) is 223. The Morgan fingerprint density at radius 3 is 1.00 bits per heavy atom. The van der Waals surface area contributed by atoms with Crippen LogP contribution in [-0.4, -0.2) is 0 Å². The Hall–Kier alpha value is 1.90. The molecule has 0 aromatic heterocycles. The molecule has 0 radical (unpaired) electrons. The van der Waals surface area contributed by atoms with Gasteiger partial charge in [0.05, 0.1) is 0 Å². The zero-order chi connectivity index (χ0) is 2.00. The van der Waals surface area contributed by atoms with E-state index in [1.54, 1.807) is 0 Å². The van der Waals surface area contributed by atoms with Crippen molar-refractivity contribution in [1.82, 2.24) is 0 Å². The monoisotopic (exact) mass is 250 g/mol. The van der Waals surface area contributed by atoms with Crippen molar-refractivity contribution in [1.29, 1.82) is 0 Å². The summed E-state index contributed by atoms with van der Waals surface area (Å²) in [6.45, 7) is 7.00. The van der Waals surface area contributed by atoms with E-state index in [-0.39, 0.29) is 74.2 Å². The predicted molar refractivity (Wildman–Crippen MR) is 9.93 cm³/mol. The van der Waals surface area contributed by atoms with Crippen molar-refractivity contribution in [3.05, 3.63) is 13.2 Å². The second-order valence-electron chi connectivity index (χ2n) is 0. The van der Waals surface area contributed by atoms with Gasteiger partial charge in [0.25, 0.3) is 0 Å². The number of hydrogen-bond acceptors (Lipinski definition) is 0. The zero-order valence-corrected chi connectivity index (χ0v) is 6.36. The first kappa shape index (κ1) is 28.5. The van der Waals surface area contributed by atoms with Gasteiger partial charge in [-0.15, -0.1) is 0 Å². The Balaban J connectivity index is -0.00000000167. The maximum absolute atomic E-state index is 4.25. The molecule has 0 rings (SSSR count). The molecule has 0 spiro atoms. The summed E-state index contributed by atoms with van der Waals surface area (Å²) in [5, 5.41) is 0. The summed E-state index contributed by atoms with van der Waals surface area (Å²) in [4.78, 5) is 0. The SMILES string of the molecule is [CH-]=C.[Cl-].[Cl-].[Eu+3]. The average Bonchev–Trinajstić information content (AvgIpc) is 1.00. The van der Waals surface area contributed by atoms with Crippen LogP contribution in [0.2, 0.25) is 0 Å². The summed E-state index contributed by atoms with van der Waals surface area (Å²) in [7, 11) is 0. The predicted octanol–water partition coefficient (Wildman–Crippen LogP) is -5.39. The van der Waals surface area contributed by atoms with Crippen LogP contribution in [0, 0.1) is 56.0 Å². The molecule has 0 bridgehead atoms. The van der Waals surface area contributed by atoms with E-state index in [1.807, 2.05) is 0 Å². The minimum atomic E-state index is 0. The molecule has 0 atom stereocenters. The van der Waals surface area contributed by atoms with Gasteiger partial charge >= 0.3 is 49.4 Å². The fraction of sp³-hybridized carbons (Fsp3) is 0. The van der Waals surface area contributed by atoms with E-state index in [0.29, 0.717) is 0 Å². The van der Waals surface area contributed by atoms with Gasteiger partial charge in [-0.3, -0.25) is 6.58 Å². The first-order valence-corrected chi connectivity index (χ1v) is 0.408. The first-order chi connectivity index (χ1) is 1.00. The van der Waals surface area contributed by atoms with Crippen LogP contribution in [0.4, 0.5) is 0 Å². The van der Waals surface area contributed by atoms with E-state index in [9.17, 15) is 0 Å². The van der Waals surface area contributed by atoms with Crippen LogP contribution in [0.15, 0.2) is 6.58 Å². The molecular formula is C2H3Cl2Eu. The van der Waals surface area contributed by atoms with Crippen LogP contribution in [0.5, 0.6) is 0 Å². The van der Waals surface area contributed by atoms with Crippen molar-refractivity contribution in [3.8, 4) is 0 Å². The Morgan fingerprint density at radius 1 is 1.00 bits per heavy atom. The van der Waals surface area contributed by atoms with Crippen molar-refractivity contribution in [2.24, 2.45) is 0 Å². The van der Waals surface area contributed by atoms with Gasteiger partial charge in [0.15, 0.2) is 0 Å². The second-order valence-corrected chi connectivity index (χ2v) is 0. The summed E-state index contributed by atoms with van der Waals surface area (Å²) in [6.07, 6.45) is 0. The van der Waals surface area contributed by atoms with Crippen LogP contribution in [0.1, 0.15) is 0 Å². The van der Waals surface area contributed by atoms with E-state index in [4.69, 9.17) is 0 Å². The van der Waals surface area contributed by atoms with Gasteiger partial charge < -0.3 is 31.4 Å². The molecule has 0 aromatic rings. The smallest absolute Gasteiger partial charge is 1.00 e. The molecule has 32 valence electrons. The quantitative estimate of drug-likeness (QED) is 0.376. The van der Waals surface area contributed by atoms with Crippen LogP contribution >= 0.6 is 0 Å². The molecule has 0 heterocycles. The fourth-order valence-electron chi connectivity index (χ4n) is 0. The van der Waals surface area contributed by atoms with Crippen LogP contribution in [0.25, 0.3) is 0 Å². The summed E-state index contributed by atoms with van der Waals surface area (Å²) in [6, 6.07) is 0. The molecule has 5 heavy (non-hydrogen) atoms. The van der Waals surface area contributed by atoms with Crippen molar-refractivity contribution < 1.29 is 74.2 Å². The average molecular weight is 250 g/mol. The van der Waals surface area contributed by atoms with Crippen molar-refractivity contribution >= 4 is 0 Å². The molecule has 0 N–H and O–H groups in total. The van der Waals surface area contributed by atoms with Crippen LogP contribution < -0.4 is 24.8 Å². The minimum absolute atomic E-state index is 0. The van der Waals surface area contributed by atoms with Gasteiger partial charge in [-0.2, -0.15) is 0 Å². The molecule has 0 saturated heterocycles. The molecular weight excluding hydrogens is 247 g/mol. The minimum Gasteiger partial charge on any atom is -1.00 e. The molecule has 0 amide bonds. The standard InChI is InChI=1S/C2H3.2ClH.Eu/c1-2;;;/h1H,2H2;2*1H;/q-1;;;+3/p-2. The van der Waals surface area contributed by atoms with E-state index in [1.165, 1.54) is 0 Å². The van der Waals surface area contributed by atoms with E-state index in [0.717, 1.165) is 0 Å². The van der Waals surface area contributed by atoms with Crippen molar-refractivity contribution in [2.45, 2.75) is 0 Å². The van der Waals surface area contributed by atoms with E-state index < -0.39 is 0 Å². The third-order valence-electron chi connectivity index (χ3n) is 0. The zero-order valence-electron chi connectivity index (χ0n) is 2.42. The van der Waals surface area contributed by atoms with E-state index >= 15 is 0 Å². The largest absolute Gasteiger partial charge is 3.00 e. The summed E-state index contributed by atoms with van der Waals surface area (Å²) >= 11 is 0. The van der Waals surface area contributed by atoms with Gasteiger partial charge in [0.2, 0.25) is 0 Å². The first-order valence-electron chi connectivity index (χ1n) is 0.408. The Labute approximate surface area is 85.8 Å².